The maximum Gasteiger partial charge on any atom is 0.191 e. The molecule has 0 amide bonds. The van der Waals surface area contributed by atoms with Gasteiger partial charge in [-0.25, -0.2) is 0 Å². The van der Waals surface area contributed by atoms with Crippen molar-refractivity contribution in [3.63, 3.8) is 0 Å². The van der Waals surface area contributed by atoms with Crippen LogP contribution < -0.4 is 5.73 Å². The molecule has 1 saturated heterocycles. The first-order valence-electron chi connectivity index (χ1n) is 5.55. The van der Waals surface area contributed by atoms with Gasteiger partial charge in [0.15, 0.2) is 5.96 Å². The lowest BCUT2D eigenvalue weighted by Gasteiger charge is -2.35. The predicted octanol–water partition coefficient (Wildman–Crippen LogP) is 0.349. The molecule has 1 heterocycles. The third-order valence-corrected chi connectivity index (χ3v) is 2.56. The number of piperazine rings is 1. The molecule has 0 aromatic heterocycles. The Morgan fingerprint density at radius 3 is 2.36 bits per heavy atom. The maximum atomic E-state index is 5.84. The fourth-order valence-electron chi connectivity index (χ4n) is 1.78. The summed E-state index contributed by atoms with van der Waals surface area (Å²) in [7, 11) is 0. The fraction of sp³-hybridized carbons (Fsp3) is 0.900. The van der Waals surface area contributed by atoms with Gasteiger partial charge in [0.25, 0.3) is 0 Å². The summed E-state index contributed by atoms with van der Waals surface area (Å²) in [5, 5.41) is 0. The molecular weight excluding hydrogens is 176 g/mol. The highest BCUT2D eigenvalue weighted by atomic mass is 15.3. The summed E-state index contributed by atoms with van der Waals surface area (Å²) >= 11 is 0. The van der Waals surface area contributed by atoms with Gasteiger partial charge in [0, 0.05) is 32.7 Å². The topological polar surface area (TPSA) is 44.9 Å². The molecule has 0 spiro atoms. The molecule has 1 rings (SSSR count). The van der Waals surface area contributed by atoms with Crippen LogP contribution in [-0.2, 0) is 0 Å². The number of hydrogen-bond donors (Lipinski definition) is 1. The zero-order valence-corrected chi connectivity index (χ0v) is 9.37. The Balaban J connectivity index is 2.31. The minimum atomic E-state index is 0.712. The minimum absolute atomic E-state index is 0.712. The first kappa shape index (κ1) is 11.3. The number of rotatable bonds is 3. The number of nitrogens with two attached hydrogens (primary N) is 1. The lowest BCUT2D eigenvalue weighted by Crippen LogP contribution is -2.51. The Hall–Kier alpha value is -0.770. The van der Waals surface area contributed by atoms with Crippen LogP contribution in [0, 0.1) is 0 Å². The van der Waals surface area contributed by atoms with Crippen molar-refractivity contribution >= 4 is 5.96 Å². The average Bonchev–Trinajstić information content (AvgIpc) is 2.20. The zero-order chi connectivity index (χ0) is 10.4. The van der Waals surface area contributed by atoms with E-state index in [0.29, 0.717) is 5.96 Å². The number of nitrogens with zero attached hydrogens (tertiary/aromatic N) is 3. The molecule has 0 aliphatic carbocycles. The summed E-state index contributed by atoms with van der Waals surface area (Å²) in [6.45, 7) is 10.5. The van der Waals surface area contributed by atoms with Crippen molar-refractivity contribution in [2.75, 3.05) is 39.3 Å². The largest absolute Gasteiger partial charge is 0.370 e. The summed E-state index contributed by atoms with van der Waals surface area (Å²) in [4.78, 5) is 8.88. The highest BCUT2D eigenvalue weighted by Crippen LogP contribution is 2.01. The average molecular weight is 198 g/mol. The Kier molecular flexibility index (Phi) is 4.73. The van der Waals surface area contributed by atoms with Crippen LogP contribution in [0.2, 0.25) is 0 Å². The van der Waals surface area contributed by atoms with E-state index in [1.165, 1.54) is 13.0 Å². The standard InChI is InChI=1S/C10H22N4/c1-3-5-13-6-8-14(9-7-13)10(11)12-4-2/h3-9H2,1-2H3,(H2,11,12). The Bertz CT molecular complexity index is 183. The van der Waals surface area contributed by atoms with Crippen molar-refractivity contribution in [2.45, 2.75) is 20.3 Å². The molecule has 4 nitrogen and oxygen atoms in total. The smallest absolute Gasteiger partial charge is 0.191 e. The Labute approximate surface area is 86.8 Å². The van der Waals surface area contributed by atoms with E-state index >= 15 is 0 Å². The predicted molar refractivity (Wildman–Crippen MR) is 60.5 cm³/mol. The first-order valence-corrected chi connectivity index (χ1v) is 5.55. The maximum absolute atomic E-state index is 5.84. The monoisotopic (exact) mass is 198 g/mol. The lowest BCUT2D eigenvalue weighted by molar-refractivity contribution is 0.181. The van der Waals surface area contributed by atoms with Crippen LogP contribution in [0.4, 0.5) is 0 Å². The molecule has 0 saturated carbocycles. The number of aliphatic imine (C=N–C) groups is 1. The molecular formula is C10H22N4. The molecule has 0 unspecified atom stereocenters. The van der Waals surface area contributed by atoms with Gasteiger partial charge in [-0.3, -0.25) is 9.89 Å². The molecule has 0 bridgehead atoms. The van der Waals surface area contributed by atoms with Crippen molar-refractivity contribution in [1.29, 1.82) is 0 Å². The van der Waals surface area contributed by atoms with E-state index in [0.717, 1.165) is 32.7 Å². The van der Waals surface area contributed by atoms with Gasteiger partial charge in [0.05, 0.1) is 0 Å². The van der Waals surface area contributed by atoms with E-state index in [9.17, 15) is 0 Å². The summed E-state index contributed by atoms with van der Waals surface area (Å²) in [5.74, 6) is 0.712. The van der Waals surface area contributed by atoms with E-state index < -0.39 is 0 Å². The summed E-state index contributed by atoms with van der Waals surface area (Å²) in [5.41, 5.74) is 5.84. The molecule has 2 N–H and O–H groups in total. The van der Waals surface area contributed by atoms with E-state index in [1.54, 1.807) is 0 Å². The van der Waals surface area contributed by atoms with Crippen molar-refractivity contribution in [2.24, 2.45) is 10.7 Å². The van der Waals surface area contributed by atoms with Gasteiger partial charge in [0.2, 0.25) is 0 Å². The summed E-state index contributed by atoms with van der Waals surface area (Å²) < 4.78 is 0. The zero-order valence-electron chi connectivity index (χ0n) is 9.37. The summed E-state index contributed by atoms with van der Waals surface area (Å²) in [6, 6.07) is 0. The van der Waals surface area contributed by atoms with Crippen LogP contribution in [0.25, 0.3) is 0 Å². The van der Waals surface area contributed by atoms with E-state index in [2.05, 4.69) is 21.7 Å². The highest BCUT2D eigenvalue weighted by molar-refractivity contribution is 5.78. The molecule has 0 atom stereocenters. The van der Waals surface area contributed by atoms with Crippen LogP contribution in [0.15, 0.2) is 4.99 Å². The molecule has 14 heavy (non-hydrogen) atoms. The van der Waals surface area contributed by atoms with Crippen LogP contribution >= 0.6 is 0 Å². The van der Waals surface area contributed by atoms with E-state index in [1.807, 2.05) is 6.92 Å². The highest BCUT2D eigenvalue weighted by Gasteiger charge is 2.16. The molecule has 1 aliphatic heterocycles. The van der Waals surface area contributed by atoms with Gasteiger partial charge in [-0.05, 0) is 19.9 Å². The second-order valence-electron chi connectivity index (χ2n) is 3.66. The molecule has 0 aromatic rings. The van der Waals surface area contributed by atoms with Gasteiger partial charge in [-0.2, -0.15) is 0 Å². The quantitative estimate of drug-likeness (QED) is 0.526. The van der Waals surface area contributed by atoms with Crippen LogP contribution in [0.5, 0.6) is 0 Å². The van der Waals surface area contributed by atoms with E-state index in [4.69, 9.17) is 5.73 Å². The molecule has 82 valence electrons. The fourth-order valence-corrected chi connectivity index (χ4v) is 1.78. The minimum Gasteiger partial charge on any atom is -0.370 e. The second kappa shape index (κ2) is 5.86. The first-order chi connectivity index (χ1) is 6.77. The number of guanidine groups is 1. The molecule has 1 aliphatic rings. The third-order valence-electron chi connectivity index (χ3n) is 2.56. The Morgan fingerprint density at radius 2 is 1.86 bits per heavy atom. The summed E-state index contributed by atoms with van der Waals surface area (Å²) in [6.07, 6.45) is 1.23. The molecule has 4 heteroatoms. The number of hydrogen-bond acceptors (Lipinski definition) is 2. The van der Waals surface area contributed by atoms with Gasteiger partial charge < -0.3 is 10.6 Å². The van der Waals surface area contributed by atoms with Gasteiger partial charge in [-0.15, -0.1) is 0 Å². The van der Waals surface area contributed by atoms with Crippen LogP contribution in [0.3, 0.4) is 0 Å². The lowest BCUT2D eigenvalue weighted by atomic mass is 10.3. The van der Waals surface area contributed by atoms with Crippen LogP contribution in [-0.4, -0.2) is 55.0 Å². The molecule has 1 fully saturated rings. The molecule has 0 aromatic carbocycles. The van der Waals surface area contributed by atoms with Crippen molar-refractivity contribution in [3.8, 4) is 0 Å². The van der Waals surface area contributed by atoms with E-state index in [-0.39, 0.29) is 0 Å². The van der Waals surface area contributed by atoms with Crippen molar-refractivity contribution in [3.05, 3.63) is 0 Å². The van der Waals surface area contributed by atoms with Gasteiger partial charge in [0.1, 0.15) is 0 Å². The van der Waals surface area contributed by atoms with Crippen LogP contribution in [0.1, 0.15) is 20.3 Å². The van der Waals surface area contributed by atoms with Gasteiger partial charge in [-0.1, -0.05) is 6.92 Å². The van der Waals surface area contributed by atoms with Gasteiger partial charge >= 0.3 is 0 Å². The van der Waals surface area contributed by atoms with Crippen molar-refractivity contribution < 1.29 is 0 Å². The Morgan fingerprint density at radius 1 is 1.21 bits per heavy atom. The SMILES string of the molecule is CCCN1CCN(C(N)=NCC)CC1. The van der Waals surface area contributed by atoms with Crippen molar-refractivity contribution in [1.82, 2.24) is 9.80 Å². The second-order valence-corrected chi connectivity index (χ2v) is 3.66. The normalized spacial score (nSPS) is 20.1. The third kappa shape index (κ3) is 3.18. The molecule has 0 radical (unpaired) electrons.